The number of aromatic nitrogens is 2. The van der Waals surface area contributed by atoms with E-state index >= 15 is 0 Å². The molecule has 0 spiro atoms. The van der Waals surface area contributed by atoms with Gasteiger partial charge < -0.3 is 19.5 Å². The second-order valence-electron chi connectivity index (χ2n) is 6.18. The lowest BCUT2D eigenvalue weighted by Crippen LogP contribution is -2.29. The molecule has 8 nitrogen and oxygen atoms in total. The van der Waals surface area contributed by atoms with Crippen molar-refractivity contribution >= 4 is 23.2 Å². The summed E-state index contributed by atoms with van der Waals surface area (Å²) in [6.07, 6.45) is 0. The summed E-state index contributed by atoms with van der Waals surface area (Å²) >= 11 is 6.07. The van der Waals surface area contributed by atoms with Crippen molar-refractivity contribution in [2.75, 3.05) is 26.6 Å². The van der Waals surface area contributed by atoms with Crippen LogP contribution in [0.5, 0.6) is 17.2 Å². The van der Waals surface area contributed by atoms with Crippen LogP contribution in [0.25, 0.3) is 11.3 Å². The van der Waals surface area contributed by atoms with Crippen LogP contribution in [0.3, 0.4) is 0 Å². The summed E-state index contributed by atoms with van der Waals surface area (Å²) < 4.78 is 16.8. The number of hydrogen-bond acceptors (Lipinski definition) is 6. The van der Waals surface area contributed by atoms with E-state index in [2.05, 4.69) is 10.4 Å². The van der Waals surface area contributed by atoms with Gasteiger partial charge in [0.15, 0.2) is 0 Å². The van der Waals surface area contributed by atoms with Crippen LogP contribution < -0.4 is 25.1 Å². The highest BCUT2D eigenvalue weighted by molar-refractivity contribution is 6.32. The Morgan fingerprint density at radius 2 is 1.73 bits per heavy atom. The van der Waals surface area contributed by atoms with Crippen molar-refractivity contribution in [1.82, 2.24) is 9.78 Å². The number of carbonyl (C=O) groups excluding carboxylic acids is 1. The Labute approximate surface area is 178 Å². The van der Waals surface area contributed by atoms with Crippen LogP contribution >= 0.6 is 11.6 Å². The lowest BCUT2D eigenvalue weighted by Gasteiger charge is -2.12. The molecule has 1 heterocycles. The van der Waals surface area contributed by atoms with E-state index in [-0.39, 0.29) is 6.54 Å². The minimum Gasteiger partial charge on any atom is -0.497 e. The molecule has 0 aliphatic rings. The van der Waals surface area contributed by atoms with Crippen LogP contribution in [0, 0.1) is 0 Å². The molecule has 156 valence electrons. The molecule has 0 unspecified atom stereocenters. The molecule has 9 heteroatoms. The van der Waals surface area contributed by atoms with Gasteiger partial charge in [0.05, 0.1) is 32.0 Å². The molecular weight excluding hydrogens is 410 g/mol. The van der Waals surface area contributed by atoms with Gasteiger partial charge in [0.25, 0.3) is 5.56 Å². The minimum absolute atomic E-state index is 0.275. The number of nitrogens with one attached hydrogen (secondary N) is 1. The maximum absolute atomic E-state index is 12.4. The van der Waals surface area contributed by atoms with E-state index in [9.17, 15) is 9.59 Å². The second-order valence-corrected chi connectivity index (χ2v) is 6.59. The van der Waals surface area contributed by atoms with Crippen LogP contribution in [-0.2, 0) is 11.3 Å². The standard InChI is InChI=1S/C21H20ClN3O5/c1-28-14-5-8-18(29-2)15(11-14)17-6-9-21(27)25(24-17)12-20(26)23-13-4-7-19(30-3)16(22)10-13/h4-11H,12H2,1-3H3,(H,23,26). The average molecular weight is 430 g/mol. The van der Waals surface area contributed by atoms with Gasteiger partial charge in [-0.15, -0.1) is 0 Å². The molecule has 1 amide bonds. The summed E-state index contributed by atoms with van der Waals surface area (Å²) in [4.78, 5) is 24.7. The Hall–Kier alpha value is -3.52. The van der Waals surface area contributed by atoms with E-state index < -0.39 is 11.5 Å². The van der Waals surface area contributed by atoms with Crippen LogP contribution in [0.4, 0.5) is 5.69 Å². The van der Waals surface area contributed by atoms with E-state index in [1.807, 2.05) is 0 Å². The van der Waals surface area contributed by atoms with Gasteiger partial charge >= 0.3 is 0 Å². The molecule has 1 N–H and O–H groups in total. The first-order valence-electron chi connectivity index (χ1n) is 8.89. The Bertz CT molecular complexity index is 1130. The van der Waals surface area contributed by atoms with E-state index in [1.165, 1.54) is 20.3 Å². The lowest BCUT2D eigenvalue weighted by atomic mass is 10.1. The fraction of sp³-hybridized carbons (Fsp3) is 0.190. The monoisotopic (exact) mass is 429 g/mol. The molecule has 0 atom stereocenters. The van der Waals surface area contributed by atoms with Crippen molar-refractivity contribution in [2.45, 2.75) is 6.54 Å². The van der Waals surface area contributed by atoms with Gasteiger partial charge in [-0.3, -0.25) is 9.59 Å². The van der Waals surface area contributed by atoms with Gasteiger partial charge in [-0.1, -0.05) is 11.6 Å². The van der Waals surface area contributed by atoms with Crippen molar-refractivity contribution in [3.8, 4) is 28.5 Å². The molecule has 3 aromatic rings. The number of nitrogens with zero attached hydrogens (tertiary/aromatic N) is 2. The normalized spacial score (nSPS) is 10.4. The maximum atomic E-state index is 12.4. The minimum atomic E-state index is -0.430. The van der Waals surface area contributed by atoms with Gasteiger partial charge in [0.2, 0.25) is 5.91 Å². The van der Waals surface area contributed by atoms with Crippen LogP contribution in [0.2, 0.25) is 5.02 Å². The zero-order chi connectivity index (χ0) is 21.7. The molecule has 1 aromatic heterocycles. The summed E-state index contributed by atoms with van der Waals surface area (Å²) in [5.74, 6) is 1.23. The summed E-state index contributed by atoms with van der Waals surface area (Å²) in [7, 11) is 4.59. The van der Waals surface area contributed by atoms with Crippen molar-refractivity contribution in [3.05, 3.63) is 63.9 Å². The number of methoxy groups -OCH3 is 3. The Balaban J connectivity index is 1.85. The molecule has 0 saturated heterocycles. The molecule has 3 rings (SSSR count). The molecule has 0 fully saturated rings. The third-order valence-electron chi connectivity index (χ3n) is 4.28. The largest absolute Gasteiger partial charge is 0.497 e. The highest BCUT2D eigenvalue weighted by Gasteiger charge is 2.13. The predicted molar refractivity (Wildman–Crippen MR) is 114 cm³/mol. The number of hydrogen-bond donors (Lipinski definition) is 1. The maximum Gasteiger partial charge on any atom is 0.267 e. The number of halogens is 1. The molecule has 0 aliphatic carbocycles. The average Bonchev–Trinajstić information content (AvgIpc) is 2.75. The summed E-state index contributed by atoms with van der Waals surface area (Å²) in [5, 5.41) is 7.36. The van der Waals surface area contributed by atoms with Gasteiger partial charge in [-0.25, -0.2) is 4.68 Å². The Kier molecular flexibility index (Phi) is 6.58. The fourth-order valence-corrected chi connectivity index (χ4v) is 3.06. The van der Waals surface area contributed by atoms with E-state index in [0.717, 1.165) is 4.68 Å². The molecule has 0 bridgehead atoms. The smallest absolute Gasteiger partial charge is 0.267 e. The Morgan fingerprint density at radius 3 is 2.40 bits per heavy atom. The number of benzene rings is 2. The highest BCUT2D eigenvalue weighted by Crippen LogP contribution is 2.31. The number of ether oxygens (including phenoxy) is 3. The number of carbonyl (C=O) groups is 1. The van der Waals surface area contributed by atoms with Gasteiger partial charge in [-0.2, -0.15) is 5.10 Å². The number of anilines is 1. The summed E-state index contributed by atoms with van der Waals surface area (Å²) in [5.41, 5.74) is 1.16. The number of amides is 1. The van der Waals surface area contributed by atoms with Crippen LogP contribution in [0.1, 0.15) is 0 Å². The van der Waals surface area contributed by atoms with Crippen molar-refractivity contribution < 1.29 is 19.0 Å². The van der Waals surface area contributed by atoms with E-state index in [4.69, 9.17) is 25.8 Å². The van der Waals surface area contributed by atoms with E-state index in [1.54, 1.807) is 49.6 Å². The van der Waals surface area contributed by atoms with Crippen LogP contribution in [-0.4, -0.2) is 37.0 Å². The third-order valence-corrected chi connectivity index (χ3v) is 4.57. The molecule has 2 aromatic carbocycles. The fourth-order valence-electron chi connectivity index (χ4n) is 2.80. The van der Waals surface area contributed by atoms with Crippen LogP contribution in [0.15, 0.2) is 53.3 Å². The van der Waals surface area contributed by atoms with Crippen molar-refractivity contribution in [3.63, 3.8) is 0 Å². The van der Waals surface area contributed by atoms with E-state index in [0.29, 0.717) is 39.2 Å². The van der Waals surface area contributed by atoms with Crippen molar-refractivity contribution in [2.24, 2.45) is 0 Å². The zero-order valence-electron chi connectivity index (χ0n) is 16.6. The Morgan fingerprint density at radius 1 is 1.00 bits per heavy atom. The molecule has 30 heavy (non-hydrogen) atoms. The van der Waals surface area contributed by atoms with Gasteiger partial charge in [0, 0.05) is 17.3 Å². The quantitative estimate of drug-likeness (QED) is 0.620. The van der Waals surface area contributed by atoms with Crippen molar-refractivity contribution in [1.29, 1.82) is 0 Å². The van der Waals surface area contributed by atoms with Gasteiger partial charge in [0.1, 0.15) is 23.8 Å². The SMILES string of the molecule is COc1ccc(OC)c(-c2ccc(=O)n(CC(=O)Nc3ccc(OC)c(Cl)c3)n2)c1. The highest BCUT2D eigenvalue weighted by atomic mass is 35.5. The lowest BCUT2D eigenvalue weighted by molar-refractivity contribution is -0.117. The predicted octanol–water partition coefficient (Wildman–Crippen LogP) is 3.23. The summed E-state index contributed by atoms with van der Waals surface area (Å²) in [6.45, 7) is -0.275. The van der Waals surface area contributed by atoms with Gasteiger partial charge in [-0.05, 0) is 42.5 Å². The first kappa shape index (κ1) is 21.2. The first-order valence-corrected chi connectivity index (χ1v) is 9.27. The molecule has 0 radical (unpaired) electrons. The third kappa shape index (κ3) is 4.72. The zero-order valence-corrected chi connectivity index (χ0v) is 17.4. The topological polar surface area (TPSA) is 91.7 Å². The summed E-state index contributed by atoms with van der Waals surface area (Å²) in [6, 6.07) is 13.0. The molecule has 0 aliphatic heterocycles. The number of rotatable bonds is 7. The first-order chi connectivity index (χ1) is 14.4. The molecular formula is C21H20ClN3O5. The second kappa shape index (κ2) is 9.32. The molecule has 0 saturated carbocycles.